The summed E-state index contributed by atoms with van der Waals surface area (Å²) in [6.45, 7) is 0. The van der Waals surface area contributed by atoms with Crippen molar-refractivity contribution in [2.24, 2.45) is 0 Å². The van der Waals surface area contributed by atoms with Crippen molar-refractivity contribution in [1.29, 1.82) is 0 Å². The number of hydrogen-bond donors (Lipinski definition) is 0. The molecule has 4 rings (SSSR count). The van der Waals surface area contributed by atoms with Crippen molar-refractivity contribution in [3.05, 3.63) is 65.4 Å². The summed E-state index contributed by atoms with van der Waals surface area (Å²) in [5.41, 5.74) is 1.18. The summed E-state index contributed by atoms with van der Waals surface area (Å²) in [5.74, 6) is 0.276. The van der Waals surface area contributed by atoms with Gasteiger partial charge in [0.2, 0.25) is 0 Å². The zero-order valence-electron chi connectivity index (χ0n) is 13.3. The van der Waals surface area contributed by atoms with Crippen molar-refractivity contribution >= 4 is 17.6 Å². The molecular weight excluding hydrogens is 340 g/mol. The van der Waals surface area contributed by atoms with Gasteiger partial charge in [0, 0.05) is 5.02 Å². The molecule has 6 nitrogen and oxygen atoms in total. The number of benzene rings is 2. The van der Waals surface area contributed by atoms with Crippen LogP contribution in [0.1, 0.15) is 24.8 Å². The quantitative estimate of drug-likeness (QED) is 0.531. The molecule has 25 heavy (non-hydrogen) atoms. The zero-order chi connectivity index (χ0) is 17.3. The predicted molar refractivity (Wildman–Crippen MR) is 91.8 cm³/mol. The van der Waals surface area contributed by atoms with Crippen LogP contribution >= 0.6 is 11.6 Å². The number of esters is 1. The van der Waals surface area contributed by atoms with E-state index in [1.54, 1.807) is 24.3 Å². The van der Waals surface area contributed by atoms with E-state index in [9.17, 15) is 4.79 Å². The summed E-state index contributed by atoms with van der Waals surface area (Å²) in [5, 5.41) is 11.7. The fraction of sp³-hybridized carbons (Fsp3) is 0.222. The molecule has 3 aromatic rings. The summed E-state index contributed by atoms with van der Waals surface area (Å²) in [7, 11) is 0. The van der Waals surface area contributed by atoms with Gasteiger partial charge in [0.15, 0.2) is 0 Å². The van der Waals surface area contributed by atoms with Crippen LogP contribution in [-0.4, -0.2) is 26.2 Å². The summed E-state index contributed by atoms with van der Waals surface area (Å²) in [4.78, 5) is 12.8. The molecular formula is C18H15ClN4O2. The van der Waals surface area contributed by atoms with Crippen LogP contribution in [0.4, 0.5) is 0 Å². The van der Waals surface area contributed by atoms with Gasteiger partial charge in [-0.1, -0.05) is 30.2 Å². The van der Waals surface area contributed by atoms with Crippen molar-refractivity contribution in [1.82, 2.24) is 20.2 Å². The van der Waals surface area contributed by atoms with E-state index in [1.165, 1.54) is 11.0 Å². The summed E-state index contributed by atoms with van der Waals surface area (Å²) in [6.07, 6.45) is 4.09. The summed E-state index contributed by atoms with van der Waals surface area (Å²) < 4.78 is 7.18. The molecule has 7 heteroatoms. The number of aromatic nitrogens is 4. The molecule has 0 spiro atoms. The highest BCUT2D eigenvalue weighted by atomic mass is 35.5. The molecule has 0 N–H and O–H groups in total. The van der Waals surface area contributed by atoms with Crippen LogP contribution in [-0.2, 0) is 10.2 Å². The monoisotopic (exact) mass is 354 g/mol. The number of carbonyl (C=O) groups excluding carboxylic acids is 1. The first kappa shape index (κ1) is 15.8. The Morgan fingerprint density at radius 2 is 1.80 bits per heavy atom. The summed E-state index contributed by atoms with van der Waals surface area (Å²) in [6, 6.07) is 14.5. The predicted octanol–water partition coefficient (Wildman–Crippen LogP) is 3.34. The van der Waals surface area contributed by atoms with Gasteiger partial charge < -0.3 is 4.74 Å². The standard InChI is InChI=1S/C18H15ClN4O2/c19-14-4-2-13(3-5-14)18(10-1-11-18)17(24)25-16-8-6-15(7-9-16)23-12-20-21-22-23/h2-9,12H,1,10-11H2. The lowest BCUT2D eigenvalue weighted by molar-refractivity contribution is -0.144. The maximum Gasteiger partial charge on any atom is 0.321 e. The molecule has 1 aromatic heterocycles. The van der Waals surface area contributed by atoms with Crippen molar-refractivity contribution in [2.75, 3.05) is 0 Å². The Hall–Kier alpha value is -2.73. The molecule has 1 fully saturated rings. The molecule has 1 heterocycles. The van der Waals surface area contributed by atoms with Crippen molar-refractivity contribution in [2.45, 2.75) is 24.7 Å². The molecule has 1 saturated carbocycles. The van der Waals surface area contributed by atoms with E-state index in [0.29, 0.717) is 10.8 Å². The number of carbonyl (C=O) groups is 1. The number of rotatable bonds is 4. The van der Waals surface area contributed by atoms with Gasteiger partial charge in [0.05, 0.1) is 11.1 Å². The van der Waals surface area contributed by atoms with E-state index in [2.05, 4.69) is 15.5 Å². The van der Waals surface area contributed by atoms with Crippen molar-refractivity contribution in [3.63, 3.8) is 0 Å². The minimum Gasteiger partial charge on any atom is -0.426 e. The number of tetrazole rings is 1. The molecule has 0 aliphatic heterocycles. The van der Waals surface area contributed by atoms with Crippen LogP contribution < -0.4 is 4.74 Å². The molecule has 0 bridgehead atoms. The first-order valence-electron chi connectivity index (χ1n) is 7.99. The SMILES string of the molecule is O=C(Oc1ccc(-n2cnnn2)cc1)C1(c2ccc(Cl)cc2)CCC1. The lowest BCUT2D eigenvalue weighted by Crippen LogP contribution is -2.45. The van der Waals surface area contributed by atoms with Gasteiger partial charge >= 0.3 is 5.97 Å². The molecule has 1 aliphatic rings. The number of nitrogens with zero attached hydrogens (tertiary/aromatic N) is 4. The third kappa shape index (κ3) is 2.89. The fourth-order valence-electron chi connectivity index (χ4n) is 3.06. The largest absolute Gasteiger partial charge is 0.426 e. The van der Waals surface area contributed by atoms with Gasteiger partial charge in [0.1, 0.15) is 12.1 Å². The van der Waals surface area contributed by atoms with Gasteiger partial charge in [0.25, 0.3) is 0 Å². The Bertz CT molecular complexity index is 872. The Morgan fingerprint density at radius 1 is 1.08 bits per heavy atom. The topological polar surface area (TPSA) is 69.9 Å². The lowest BCUT2D eigenvalue weighted by atomic mass is 9.64. The Labute approximate surface area is 149 Å². The fourth-order valence-corrected chi connectivity index (χ4v) is 3.19. The molecule has 0 saturated heterocycles. The van der Waals surface area contributed by atoms with Gasteiger partial charge in [-0.15, -0.1) is 5.10 Å². The van der Waals surface area contributed by atoms with Crippen LogP contribution in [0.15, 0.2) is 54.9 Å². The maximum absolute atomic E-state index is 12.8. The second kappa shape index (κ2) is 6.29. The minimum absolute atomic E-state index is 0.226. The Balaban J connectivity index is 1.53. The zero-order valence-corrected chi connectivity index (χ0v) is 14.1. The lowest BCUT2D eigenvalue weighted by Gasteiger charge is -2.39. The van der Waals surface area contributed by atoms with E-state index in [-0.39, 0.29) is 5.97 Å². The Kier molecular flexibility index (Phi) is 3.97. The first-order valence-corrected chi connectivity index (χ1v) is 8.37. The van der Waals surface area contributed by atoms with Crippen LogP contribution in [0.3, 0.4) is 0 Å². The normalized spacial score (nSPS) is 15.4. The van der Waals surface area contributed by atoms with E-state index < -0.39 is 5.41 Å². The number of hydrogen-bond acceptors (Lipinski definition) is 5. The van der Waals surface area contributed by atoms with Crippen LogP contribution in [0, 0.1) is 0 Å². The van der Waals surface area contributed by atoms with Crippen LogP contribution in [0.5, 0.6) is 5.75 Å². The molecule has 1 aliphatic carbocycles. The number of halogens is 1. The van der Waals surface area contributed by atoms with Gasteiger partial charge in [-0.3, -0.25) is 4.79 Å². The third-order valence-corrected chi connectivity index (χ3v) is 4.91. The minimum atomic E-state index is -0.570. The highest BCUT2D eigenvalue weighted by Gasteiger charge is 2.47. The highest BCUT2D eigenvalue weighted by Crippen LogP contribution is 2.45. The van der Waals surface area contributed by atoms with Crippen LogP contribution in [0.25, 0.3) is 5.69 Å². The van der Waals surface area contributed by atoms with E-state index in [0.717, 1.165) is 30.5 Å². The van der Waals surface area contributed by atoms with Gasteiger partial charge in [-0.2, -0.15) is 0 Å². The maximum atomic E-state index is 12.8. The van der Waals surface area contributed by atoms with Gasteiger partial charge in [-0.05, 0) is 65.2 Å². The molecule has 0 radical (unpaired) electrons. The highest BCUT2D eigenvalue weighted by molar-refractivity contribution is 6.30. The van der Waals surface area contributed by atoms with Crippen LogP contribution in [0.2, 0.25) is 5.02 Å². The van der Waals surface area contributed by atoms with E-state index in [4.69, 9.17) is 16.3 Å². The molecule has 2 aromatic carbocycles. The molecule has 0 amide bonds. The molecule has 0 atom stereocenters. The average molecular weight is 355 g/mol. The Morgan fingerprint density at radius 3 is 2.36 bits per heavy atom. The van der Waals surface area contributed by atoms with Crippen molar-refractivity contribution in [3.8, 4) is 11.4 Å². The van der Waals surface area contributed by atoms with Crippen molar-refractivity contribution < 1.29 is 9.53 Å². The smallest absolute Gasteiger partial charge is 0.321 e. The average Bonchev–Trinajstić information content (AvgIpc) is 3.11. The van der Waals surface area contributed by atoms with Gasteiger partial charge in [-0.25, -0.2) is 4.68 Å². The number of ether oxygens (including phenoxy) is 1. The van der Waals surface area contributed by atoms with E-state index in [1.807, 2.05) is 24.3 Å². The second-order valence-corrected chi connectivity index (χ2v) is 6.52. The third-order valence-electron chi connectivity index (χ3n) is 4.66. The van der Waals surface area contributed by atoms with E-state index >= 15 is 0 Å². The summed E-state index contributed by atoms with van der Waals surface area (Å²) >= 11 is 5.96. The molecule has 0 unspecified atom stereocenters. The second-order valence-electron chi connectivity index (χ2n) is 6.08. The first-order chi connectivity index (χ1) is 12.2. The molecule has 126 valence electrons.